The Bertz CT molecular complexity index is 2270. The fourth-order valence-electron chi connectivity index (χ4n) is 6.52. The predicted octanol–water partition coefficient (Wildman–Crippen LogP) is 11.8. The summed E-state index contributed by atoms with van der Waals surface area (Å²) in [5.74, 6) is 0.132. The third-order valence-corrected chi connectivity index (χ3v) is 9.21. The molecule has 0 amide bonds. The van der Waals surface area contributed by atoms with Crippen molar-refractivity contribution in [2.45, 2.75) is 60.3 Å². The van der Waals surface area contributed by atoms with Crippen molar-refractivity contribution in [2.75, 3.05) is 0 Å². The van der Waals surface area contributed by atoms with Gasteiger partial charge >= 0.3 is 0 Å². The number of aryl methyl sites for hydroxylation is 1. The molecule has 249 valence electrons. The summed E-state index contributed by atoms with van der Waals surface area (Å²) in [5, 5.41) is 14.7. The summed E-state index contributed by atoms with van der Waals surface area (Å²) in [6, 6.07) is 25.0. The van der Waals surface area contributed by atoms with Gasteiger partial charge in [-0.3, -0.25) is 4.79 Å². The monoisotopic (exact) mass is 821 g/mol. The first-order chi connectivity index (χ1) is 22.8. The second-order valence-electron chi connectivity index (χ2n) is 12.1. The largest absolute Gasteiger partial charge is 0.512 e. The number of furan rings is 2. The van der Waals surface area contributed by atoms with Crippen LogP contribution in [0.4, 0.5) is 4.39 Å². The Kier molecular flexibility index (Phi) is 10.8. The van der Waals surface area contributed by atoms with Crippen LogP contribution in [0.25, 0.3) is 65.9 Å². The molecule has 0 spiro atoms. The van der Waals surface area contributed by atoms with E-state index in [0.29, 0.717) is 27.6 Å². The van der Waals surface area contributed by atoms with Gasteiger partial charge in [0.25, 0.3) is 0 Å². The standard InChI is InChI=1S/C28H15FNO2.C13H24O2.Ir/c1-15-12-20-17-7-3-5-9-24(17)31-27(20)21(13-15)26-19-11-10-18-16-6-2-4-8-23(16)32-28(18)25(19)22(29)14-30-26;1-5-10(6-2)12(14)9-13(15)11(7-3)8-4;/h2-12,14H,1H3;9-11,14H,5-8H2,1-4H3;/q-1;;/b;12-9-;. The first-order valence-corrected chi connectivity index (χ1v) is 16.5. The van der Waals surface area contributed by atoms with Gasteiger partial charge in [-0.2, -0.15) is 0 Å². The second kappa shape index (κ2) is 14.8. The molecule has 0 aliphatic rings. The molecule has 4 aromatic carbocycles. The second-order valence-corrected chi connectivity index (χ2v) is 12.1. The zero-order chi connectivity index (χ0) is 33.2. The van der Waals surface area contributed by atoms with Crippen LogP contribution in [0, 0.1) is 30.6 Å². The molecule has 5 nitrogen and oxygen atoms in total. The number of rotatable bonds is 8. The van der Waals surface area contributed by atoms with Crippen molar-refractivity contribution in [2.24, 2.45) is 11.8 Å². The number of aromatic nitrogens is 1. The molecule has 3 aromatic heterocycles. The number of carbonyl (C=O) groups excluding carboxylic acids is 1. The van der Waals surface area contributed by atoms with Gasteiger partial charge in [0.15, 0.2) is 11.6 Å². The van der Waals surface area contributed by atoms with Gasteiger partial charge < -0.3 is 18.9 Å². The molecular formula is C41H39FIrNO4-. The maximum atomic E-state index is 15.1. The topological polar surface area (TPSA) is 76.5 Å². The maximum Gasteiger partial charge on any atom is 0.162 e. The molecule has 7 heteroatoms. The number of ketones is 1. The minimum absolute atomic E-state index is 0. The summed E-state index contributed by atoms with van der Waals surface area (Å²) < 4.78 is 27.5. The normalized spacial score (nSPS) is 12.0. The fraction of sp³-hybridized carbons (Fsp3) is 0.268. The smallest absolute Gasteiger partial charge is 0.162 e. The number of aliphatic hydroxyl groups excluding tert-OH is 1. The number of para-hydroxylation sites is 2. The van der Waals surface area contributed by atoms with Crippen LogP contribution in [0.2, 0.25) is 0 Å². The number of benzene rings is 4. The number of hydrogen-bond acceptors (Lipinski definition) is 5. The van der Waals surface area contributed by atoms with Gasteiger partial charge in [0.2, 0.25) is 0 Å². The average molecular weight is 821 g/mol. The van der Waals surface area contributed by atoms with E-state index in [1.807, 2.05) is 95.3 Å². The molecule has 0 bridgehead atoms. The van der Waals surface area contributed by atoms with Crippen LogP contribution in [-0.4, -0.2) is 15.9 Å². The zero-order valence-corrected chi connectivity index (χ0v) is 30.2. The van der Waals surface area contributed by atoms with Crippen LogP contribution in [0.1, 0.15) is 58.9 Å². The fourth-order valence-corrected chi connectivity index (χ4v) is 6.52. The quantitative estimate of drug-likeness (QED) is 0.0939. The average Bonchev–Trinajstić information content (AvgIpc) is 3.64. The molecule has 0 saturated carbocycles. The number of nitrogens with zero attached hydrogens (tertiary/aromatic N) is 1. The molecule has 0 saturated heterocycles. The van der Waals surface area contributed by atoms with E-state index in [0.717, 1.165) is 69.5 Å². The van der Waals surface area contributed by atoms with E-state index in [2.05, 4.69) is 17.1 Å². The summed E-state index contributed by atoms with van der Waals surface area (Å²) in [7, 11) is 0. The van der Waals surface area contributed by atoms with Crippen molar-refractivity contribution in [1.29, 1.82) is 0 Å². The molecule has 0 atom stereocenters. The number of aliphatic hydroxyl groups is 1. The SMILES string of the molecule is CCC(CC)C(=O)/C=C(\O)C(CC)CC.Cc1[c-]c(-c2ncc(F)c3c2ccc2c4ccccc4oc23)c2oc3ccccc3c2c1.[Ir]. The van der Waals surface area contributed by atoms with Crippen molar-refractivity contribution in [3.63, 3.8) is 0 Å². The van der Waals surface area contributed by atoms with Gasteiger partial charge in [0.05, 0.1) is 22.9 Å². The van der Waals surface area contributed by atoms with Gasteiger partial charge in [-0.15, -0.1) is 17.7 Å². The maximum absolute atomic E-state index is 15.1. The van der Waals surface area contributed by atoms with E-state index in [9.17, 15) is 9.90 Å². The Morgan fingerprint density at radius 3 is 2.00 bits per heavy atom. The van der Waals surface area contributed by atoms with Crippen molar-refractivity contribution in [1.82, 2.24) is 4.98 Å². The Morgan fingerprint density at radius 1 is 0.812 bits per heavy atom. The minimum Gasteiger partial charge on any atom is -0.512 e. The molecular weight excluding hydrogens is 782 g/mol. The first kappa shape index (κ1) is 35.0. The third kappa shape index (κ3) is 6.42. The summed E-state index contributed by atoms with van der Waals surface area (Å²) in [6.45, 7) is 10.1. The van der Waals surface area contributed by atoms with E-state index in [1.165, 1.54) is 12.3 Å². The third-order valence-electron chi connectivity index (χ3n) is 9.21. The molecule has 0 aliphatic carbocycles. The van der Waals surface area contributed by atoms with Crippen LogP contribution in [-0.2, 0) is 24.9 Å². The van der Waals surface area contributed by atoms with Crippen LogP contribution in [0.15, 0.2) is 93.6 Å². The number of carbonyl (C=O) groups is 1. The Hall–Kier alpha value is -4.32. The number of pyridine rings is 1. The van der Waals surface area contributed by atoms with Crippen LogP contribution in [0.5, 0.6) is 0 Å². The molecule has 3 heterocycles. The zero-order valence-electron chi connectivity index (χ0n) is 27.8. The molecule has 1 radical (unpaired) electrons. The van der Waals surface area contributed by atoms with Gasteiger partial charge in [-0.25, -0.2) is 4.39 Å². The summed E-state index contributed by atoms with van der Waals surface area (Å²) in [6.07, 6.45) is 6.17. The molecule has 0 aliphatic heterocycles. The van der Waals surface area contributed by atoms with Gasteiger partial charge in [0, 0.05) is 54.2 Å². The van der Waals surface area contributed by atoms with E-state index < -0.39 is 5.82 Å². The van der Waals surface area contributed by atoms with Gasteiger partial charge in [-0.05, 0) is 48.9 Å². The first-order valence-electron chi connectivity index (χ1n) is 16.5. The molecule has 7 aromatic rings. The molecule has 0 fully saturated rings. The van der Waals surface area contributed by atoms with Crippen molar-refractivity contribution >= 4 is 60.4 Å². The predicted molar refractivity (Wildman–Crippen MR) is 189 cm³/mol. The molecule has 0 unspecified atom stereocenters. The molecule has 7 rings (SSSR count). The van der Waals surface area contributed by atoms with Crippen LogP contribution >= 0.6 is 0 Å². The van der Waals surface area contributed by atoms with Crippen LogP contribution in [0.3, 0.4) is 0 Å². The Labute approximate surface area is 293 Å². The molecule has 1 N–H and O–H groups in total. The van der Waals surface area contributed by atoms with E-state index in [-0.39, 0.29) is 43.5 Å². The van der Waals surface area contributed by atoms with E-state index >= 15 is 4.39 Å². The number of allylic oxidation sites excluding steroid dienone is 2. The Balaban J connectivity index is 0.000000243. The van der Waals surface area contributed by atoms with E-state index in [1.54, 1.807) is 0 Å². The van der Waals surface area contributed by atoms with Gasteiger partial charge in [-0.1, -0.05) is 94.1 Å². The Morgan fingerprint density at radius 2 is 1.38 bits per heavy atom. The summed E-state index contributed by atoms with van der Waals surface area (Å²) >= 11 is 0. The van der Waals surface area contributed by atoms with Crippen molar-refractivity contribution in [3.05, 3.63) is 102 Å². The van der Waals surface area contributed by atoms with Crippen molar-refractivity contribution < 1.29 is 43.2 Å². The summed E-state index contributed by atoms with van der Waals surface area (Å²) in [4.78, 5) is 16.2. The molecule has 48 heavy (non-hydrogen) atoms. The number of halogens is 1. The summed E-state index contributed by atoms with van der Waals surface area (Å²) in [5.41, 5.74) is 5.06. The van der Waals surface area contributed by atoms with Crippen molar-refractivity contribution in [3.8, 4) is 11.3 Å². The van der Waals surface area contributed by atoms with Crippen LogP contribution < -0.4 is 0 Å². The minimum atomic E-state index is -0.415. The van der Waals surface area contributed by atoms with Gasteiger partial charge in [0.1, 0.15) is 16.7 Å². The van der Waals surface area contributed by atoms with E-state index in [4.69, 9.17) is 8.83 Å². The number of hydrogen-bond donors (Lipinski definition) is 1. The number of fused-ring (bicyclic) bond motifs is 8.